The number of hydrogen-bond donors (Lipinski definition) is 4. The Labute approximate surface area is 97.5 Å². The second-order valence-corrected chi connectivity index (χ2v) is 3.86. The Morgan fingerprint density at radius 1 is 1.35 bits per heavy atom. The molecular formula is C11H15F2NO3. The number of benzene rings is 1. The molecule has 0 aliphatic carbocycles. The number of hydrogen-bond acceptors (Lipinski definition) is 4. The van der Waals surface area contributed by atoms with Crippen LogP contribution in [0.1, 0.15) is 18.5 Å². The fraction of sp³-hybridized carbons (Fsp3) is 0.455. The number of rotatable bonds is 5. The summed E-state index contributed by atoms with van der Waals surface area (Å²) in [5.41, 5.74) is 0.318. The maximum Gasteiger partial charge on any atom is 0.282 e. The predicted molar refractivity (Wildman–Crippen MR) is 58.2 cm³/mol. The number of nitrogens with one attached hydrogen (secondary N) is 1. The summed E-state index contributed by atoms with van der Waals surface area (Å²) in [4.78, 5) is 0. The second-order valence-electron chi connectivity index (χ2n) is 3.86. The van der Waals surface area contributed by atoms with E-state index in [0.717, 1.165) is 0 Å². The average Bonchev–Trinajstić information content (AvgIpc) is 2.29. The highest BCUT2D eigenvalue weighted by Crippen LogP contribution is 2.28. The van der Waals surface area contributed by atoms with E-state index in [2.05, 4.69) is 5.32 Å². The van der Waals surface area contributed by atoms with Crippen LogP contribution < -0.4 is 5.32 Å². The number of phenolic OH excluding ortho intramolecular Hbond substituents is 2. The first kappa shape index (κ1) is 13.7. The second kappa shape index (κ2) is 5.29. The molecule has 0 aliphatic heterocycles. The summed E-state index contributed by atoms with van der Waals surface area (Å²) in [6, 6.07) is 3.31. The molecule has 1 aromatic carbocycles. The van der Waals surface area contributed by atoms with Gasteiger partial charge in [-0.05, 0) is 25.1 Å². The molecule has 4 N–H and O–H groups in total. The van der Waals surface area contributed by atoms with Crippen molar-refractivity contribution in [3.05, 3.63) is 23.8 Å². The fourth-order valence-electron chi connectivity index (χ4n) is 1.36. The van der Waals surface area contributed by atoms with Gasteiger partial charge in [0.15, 0.2) is 0 Å². The highest BCUT2D eigenvalue weighted by atomic mass is 19.3. The molecule has 0 heterocycles. The highest BCUT2D eigenvalue weighted by molar-refractivity contribution is 5.40. The van der Waals surface area contributed by atoms with E-state index in [4.69, 9.17) is 5.11 Å². The van der Waals surface area contributed by atoms with Crippen LogP contribution in [-0.4, -0.2) is 34.4 Å². The minimum atomic E-state index is -3.21. The zero-order chi connectivity index (χ0) is 13.1. The molecule has 1 unspecified atom stereocenters. The monoisotopic (exact) mass is 247 g/mol. The average molecular weight is 247 g/mol. The van der Waals surface area contributed by atoms with E-state index < -0.39 is 25.1 Å². The number of aliphatic hydroxyl groups is 1. The van der Waals surface area contributed by atoms with Crippen LogP contribution in [0.5, 0.6) is 11.5 Å². The molecule has 4 nitrogen and oxygen atoms in total. The zero-order valence-electron chi connectivity index (χ0n) is 9.32. The van der Waals surface area contributed by atoms with Crippen molar-refractivity contribution in [2.45, 2.75) is 18.9 Å². The van der Waals surface area contributed by atoms with E-state index in [1.807, 2.05) is 0 Å². The van der Waals surface area contributed by atoms with Crippen LogP contribution in [0.15, 0.2) is 18.2 Å². The lowest BCUT2D eigenvalue weighted by atomic mass is 10.1. The Hall–Kier alpha value is -1.40. The van der Waals surface area contributed by atoms with Crippen molar-refractivity contribution in [3.63, 3.8) is 0 Å². The van der Waals surface area contributed by atoms with Crippen LogP contribution in [0.2, 0.25) is 0 Å². The van der Waals surface area contributed by atoms with Gasteiger partial charge in [-0.3, -0.25) is 0 Å². The normalized spacial score (nSPS) is 13.6. The lowest BCUT2D eigenvalue weighted by Crippen LogP contribution is -2.37. The molecule has 0 spiro atoms. The van der Waals surface area contributed by atoms with Gasteiger partial charge in [0, 0.05) is 11.6 Å². The Kier molecular flexibility index (Phi) is 4.25. The van der Waals surface area contributed by atoms with Gasteiger partial charge < -0.3 is 20.6 Å². The molecule has 1 atom stereocenters. The molecule has 0 saturated heterocycles. The predicted octanol–water partition coefficient (Wildman–Crippen LogP) is 1.38. The van der Waals surface area contributed by atoms with Gasteiger partial charge in [-0.2, -0.15) is 0 Å². The smallest absolute Gasteiger partial charge is 0.282 e. The van der Waals surface area contributed by atoms with Gasteiger partial charge in [0.2, 0.25) is 0 Å². The quantitative estimate of drug-likeness (QED) is 0.593. The zero-order valence-corrected chi connectivity index (χ0v) is 9.32. The Balaban J connectivity index is 2.70. The summed E-state index contributed by atoms with van der Waals surface area (Å²) in [6.07, 6.45) is 0. The first-order chi connectivity index (χ1) is 7.85. The van der Waals surface area contributed by atoms with Gasteiger partial charge in [-0.15, -0.1) is 0 Å². The van der Waals surface area contributed by atoms with Crippen LogP contribution in [0.4, 0.5) is 8.78 Å². The summed E-state index contributed by atoms with van der Waals surface area (Å²) in [5, 5.41) is 29.6. The van der Waals surface area contributed by atoms with E-state index in [1.54, 1.807) is 6.92 Å². The Bertz CT molecular complexity index is 385. The van der Waals surface area contributed by atoms with Crippen molar-refractivity contribution in [1.82, 2.24) is 5.32 Å². The molecule has 6 heteroatoms. The number of halogens is 2. The SMILES string of the molecule is CC(NCC(F)(F)CO)c1cc(O)ccc1O. The molecule has 0 aliphatic rings. The van der Waals surface area contributed by atoms with Crippen molar-refractivity contribution >= 4 is 0 Å². The molecule has 0 saturated carbocycles. The molecular weight excluding hydrogens is 232 g/mol. The lowest BCUT2D eigenvalue weighted by Gasteiger charge is -2.19. The van der Waals surface area contributed by atoms with Gasteiger partial charge in [0.1, 0.15) is 18.1 Å². The van der Waals surface area contributed by atoms with Gasteiger partial charge in [0.25, 0.3) is 5.92 Å². The maximum atomic E-state index is 12.8. The number of phenols is 2. The van der Waals surface area contributed by atoms with Crippen molar-refractivity contribution < 1.29 is 24.1 Å². The molecule has 0 aromatic heterocycles. The van der Waals surface area contributed by atoms with E-state index >= 15 is 0 Å². The van der Waals surface area contributed by atoms with Crippen LogP contribution in [0, 0.1) is 0 Å². The third-order valence-electron chi connectivity index (χ3n) is 2.38. The standard InChI is InChI=1S/C11H15F2NO3/c1-7(14-5-11(12,13)6-15)9-4-8(16)2-3-10(9)17/h2-4,7,14-17H,5-6H2,1H3. The molecule has 96 valence electrons. The van der Waals surface area contributed by atoms with Gasteiger partial charge in [-0.1, -0.05) is 0 Å². The molecule has 0 radical (unpaired) electrons. The van der Waals surface area contributed by atoms with Crippen LogP contribution >= 0.6 is 0 Å². The molecule has 1 rings (SSSR count). The van der Waals surface area contributed by atoms with E-state index in [-0.39, 0.29) is 11.5 Å². The minimum Gasteiger partial charge on any atom is -0.508 e. The van der Waals surface area contributed by atoms with Gasteiger partial charge >= 0.3 is 0 Å². The summed E-state index contributed by atoms with van der Waals surface area (Å²) < 4.78 is 25.6. The van der Waals surface area contributed by atoms with Crippen LogP contribution in [-0.2, 0) is 0 Å². The summed E-state index contributed by atoms with van der Waals surface area (Å²) >= 11 is 0. The van der Waals surface area contributed by atoms with Crippen LogP contribution in [0.3, 0.4) is 0 Å². The third-order valence-corrected chi connectivity index (χ3v) is 2.38. The molecule has 0 fully saturated rings. The first-order valence-electron chi connectivity index (χ1n) is 5.09. The van der Waals surface area contributed by atoms with Crippen molar-refractivity contribution in [3.8, 4) is 11.5 Å². The van der Waals surface area contributed by atoms with Crippen molar-refractivity contribution in [1.29, 1.82) is 0 Å². The maximum absolute atomic E-state index is 12.8. The summed E-state index contributed by atoms with van der Waals surface area (Å²) in [6.45, 7) is -0.375. The molecule has 17 heavy (non-hydrogen) atoms. The Morgan fingerprint density at radius 3 is 2.59 bits per heavy atom. The fourth-order valence-corrected chi connectivity index (χ4v) is 1.36. The topological polar surface area (TPSA) is 72.7 Å². The lowest BCUT2D eigenvalue weighted by molar-refractivity contribution is -0.0491. The Morgan fingerprint density at radius 2 is 2.00 bits per heavy atom. The third kappa shape index (κ3) is 3.83. The van der Waals surface area contributed by atoms with Gasteiger partial charge in [0.05, 0.1) is 6.54 Å². The number of aromatic hydroxyl groups is 2. The molecule has 1 aromatic rings. The largest absolute Gasteiger partial charge is 0.508 e. The van der Waals surface area contributed by atoms with Gasteiger partial charge in [-0.25, -0.2) is 8.78 Å². The summed E-state index contributed by atoms with van der Waals surface area (Å²) in [7, 11) is 0. The van der Waals surface area contributed by atoms with Crippen molar-refractivity contribution in [2.75, 3.05) is 13.2 Å². The van der Waals surface area contributed by atoms with E-state index in [0.29, 0.717) is 5.56 Å². The number of alkyl halides is 2. The summed E-state index contributed by atoms with van der Waals surface area (Å²) in [5.74, 6) is -3.35. The highest BCUT2D eigenvalue weighted by Gasteiger charge is 2.28. The van der Waals surface area contributed by atoms with E-state index in [1.165, 1.54) is 18.2 Å². The van der Waals surface area contributed by atoms with Crippen LogP contribution in [0.25, 0.3) is 0 Å². The van der Waals surface area contributed by atoms with E-state index in [9.17, 15) is 19.0 Å². The molecule has 0 bridgehead atoms. The first-order valence-corrected chi connectivity index (χ1v) is 5.09. The minimum absolute atomic E-state index is 0.0552. The molecule has 0 amide bonds. The number of aliphatic hydroxyl groups excluding tert-OH is 1. The van der Waals surface area contributed by atoms with Crippen molar-refractivity contribution in [2.24, 2.45) is 0 Å².